The van der Waals surface area contributed by atoms with Crippen molar-refractivity contribution in [1.82, 2.24) is 0 Å². The summed E-state index contributed by atoms with van der Waals surface area (Å²) >= 11 is 3.37. The summed E-state index contributed by atoms with van der Waals surface area (Å²) in [6.45, 7) is 4.14. The minimum Gasteiger partial charge on any atom is -0.373 e. The summed E-state index contributed by atoms with van der Waals surface area (Å²) in [6, 6.07) is 2.46. The van der Waals surface area contributed by atoms with Crippen LogP contribution in [0.2, 0.25) is 0 Å². The van der Waals surface area contributed by atoms with Crippen molar-refractivity contribution in [3.63, 3.8) is 0 Å². The van der Waals surface area contributed by atoms with Gasteiger partial charge in [-0.25, -0.2) is 0 Å². The van der Waals surface area contributed by atoms with E-state index in [1.165, 1.54) is 0 Å². The van der Waals surface area contributed by atoms with Crippen molar-refractivity contribution in [2.45, 2.75) is 44.8 Å². The molecule has 1 nitrogen and oxygen atoms in total. The van der Waals surface area contributed by atoms with E-state index in [9.17, 15) is 13.2 Å². The molecule has 0 fully saturated rings. The van der Waals surface area contributed by atoms with Gasteiger partial charge in [-0.05, 0) is 51.9 Å². The summed E-state index contributed by atoms with van der Waals surface area (Å²) in [5.74, 6) is 0.368. The van der Waals surface area contributed by atoms with Gasteiger partial charge in [0.1, 0.15) is 6.04 Å². The fraction of sp³-hybridized carbons (Fsp3) is 0.538. The highest BCUT2D eigenvalue weighted by Crippen LogP contribution is 2.38. The summed E-state index contributed by atoms with van der Waals surface area (Å²) in [5.41, 5.74) is 2.70. The molecule has 1 aliphatic heterocycles. The Kier molecular flexibility index (Phi) is 3.63. The Hall–Kier alpha value is -0.710. The summed E-state index contributed by atoms with van der Waals surface area (Å²) < 4.78 is 38.8. The predicted octanol–water partition coefficient (Wildman–Crippen LogP) is 4.86. The first kappa shape index (κ1) is 13.7. The van der Waals surface area contributed by atoms with Crippen molar-refractivity contribution in [2.75, 3.05) is 5.32 Å². The summed E-state index contributed by atoms with van der Waals surface area (Å²) in [5, 5.41) is 2.60. The SMILES string of the molecule is CC(C)c1cc(Br)c2c(c1)CCC(C(F)(F)F)N2. The van der Waals surface area contributed by atoms with Crippen LogP contribution in [0.25, 0.3) is 0 Å². The molecule has 0 saturated carbocycles. The van der Waals surface area contributed by atoms with Crippen LogP contribution in [0.3, 0.4) is 0 Å². The number of aryl methyl sites for hydroxylation is 1. The monoisotopic (exact) mass is 321 g/mol. The van der Waals surface area contributed by atoms with Gasteiger partial charge in [-0.3, -0.25) is 0 Å². The van der Waals surface area contributed by atoms with Crippen LogP contribution in [0.1, 0.15) is 37.3 Å². The maximum absolute atomic E-state index is 12.7. The molecule has 0 amide bonds. The van der Waals surface area contributed by atoms with Crippen molar-refractivity contribution in [3.05, 3.63) is 27.7 Å². The van der Waals surface area contributed by atoms with E-state index >= 15 is 0 Å². The van der Waals surface area contributed by atoms with Crippen LogP contribution >= 0.6 is 15.9 Å². The molecular formula is C13H15BrF3N. The molecule has 0 saturated heterocycles. The molecule has 1 atom stereocenters. The highest BCUT2D eigenvalue weighted by Gasteiger charge is 2.41. The molecule has 1 N–H and O–H groups in total. The van der Waals surface area contributed by atoms with E-state index in [0.29, 0.717) is 18.0 Å². The summed E-state index contributed by atoms with van der Waals surface area (Å²) in [4.78, 5) is 0. The number of halogens is 4. The third-order valence-electron chi connectivity index (χ3n) is 3.28. The Morgan fingerprint density at radius 3 is 2.56 bits per heavy atom. The van der Waals surface area contributed by atoms with Crippen molar-refractivity contribution in [3.8, 4) is 0 Å². The molecule has 1 aliphatic rings. The summed E-state index contributed by atoms with van der Waals surface area (Å²) in [7, 11) is 0. The van der Waals surface area contributed by atoms with Crippen LogP contribution in [0.15, 0.2) is 16.6 Å². The number of hydrogen-bond donors (Lipinski definition) is 1. The molecule has 0 spiro atoms. The van der Waals surface area contributed by atoms with E-state index in [4.69, 9.17) is 0 Å². The molecule has 1 heterocycles. The minimum atomic E-state index is -4.19. The molecule has 1 aromatic carbocycles. The number of hydrogen-bond acceptors (Lipinski definition) is 1. The fourth-order valence-corrected chi connectivity index (χ4v) is 2.80. The smallest absolute Gasteiger partial charge is 0.373 e. The van der Waals surface area contributed by atoms with Crippen LogP contribution in [0.5, 0.6) is 0 Å². The highest BCUT2D eigenvalue weighted by atomic mass is 79.9. The zero-order valence-corrected chi connectivity index (χ0v) is 11.8. The quantitative estimate of drug-likeness (QED) is 0.778. The Balaban J connectivity index is 2.34. The maximum atomic E-state index is 12.7. The molecule has 100 valence electrons. The standard InChI is InChI=1S/C13H15BrF3N/c1-7(2)9-5-8-3-4-11(13(15,16)17)18-12(8)10(14)6-9/h5-7,11,18H,3-4H2,1-2H3. The number of anilines is 1. The molecule has 0 radical (unpaired) electrons. The normalized spacial score (nSPS) is 19.6. The fourth-order valence-electron chi connectivity index (χ4n) is 2.17. The predicted molar refractivity (Wildman–Crippen MR) is 70.0 cm³/mol. The van der Waals surface area contributed by atoms with Crippen LogP contribution < -0.4 is 5.32 Å². The van der Waals surface area contributed by atoms with Gasteiger partial charge in [0, 0.05) is 4.47 Å². The van der Waals surface area contributed by atoms with Crippen LogP contribution in [-0.4, -0.2) is 12.2 Å². The third kappa shape index (κ3) is 2.66. The number of benzene rings is 1. The summed E-state index contributed by atoms with van der Waals surface area (Å²) in [6.07, 6.45) is -3.62. The molecular weight excluding hydrogens is 307 g/mol. The van der Waals surface area contributed by atoms with Crippen LogP contribution in [0.4, 0.5) is 18.9 Å². The second kappa shape index (κ2) is 4.76. The largest absolute Gasteiger partial charge is 0.408 e. The lowest BCUT2D eigenvalue weighted by molar-refractivity contribution is -0.144. The Bertz CT molecular complexity index is 454. The molecule has 1 unspecified atom stereocenters. The van der Waals surface area contributed by atoms with E-state index in [2.05, 4.69) is 35.1 Å². The molecule has 2 rings (SSSR count). The van der Waals surface area contributed by atoms with Gasteiger partial charge in [0.2, 0.25) is 0 Å². The number of alkyl halides is 3. The second-order valence-electron chi connectivity index (χ2n) is 4.97. The van der Waals surface area contributed by atoms with Crippen LogP contribution in [0, 0.1) is 0 Å². The Morgan fingerprint density at radius 2 is 2.00 bits per heavy atom. The lowest BCUT2D eigenvalue weighted by Crippen LogP contribution is -2.39. The third-order valence-corrected chi connectivity index (χ3v) is 3.90. The molecule has 0 aromatic heterocycles. The molecule has 5 heteroatoms. The number of rotatable bonds is 1. The van der Waals surface area contributed by atoms with Gasteiger partial charge in [-0.1, -0.05) is 19.9 Å². The van der Waals surface area contributed by atoms with Crippen molar-refractivity contribution in [1.29, 1.82) is 0 Å². The zero-order chi connectivity index (χ0) is 13.5. The first-order chi connectivity index (χ1) is 8.29. The maximum Gasteiger partial charge on any atom is 0.408 e. The first-order valence-corrected chi connectivity index (χ1v) is 6.74. The Labute approximate surface area is 113 Å². The van der Waals surface area contributed by atoms with Crippen molar-refractivity contribution in [2.24, 2.45) is 0 Å². The van der Waals surface area contributed by atoms with Gasteiger partial charge in [0.25, 0.3) is 0 Å². The minimum absolute atomic E-state index is 0.102. The van der Waals surface area contributed by atoms with E-state index in [1.54, 1.807) is 0 Å². The molecule has 0 bridgehead atoms. The topological polar surface area (TPSA) is 12.0 Å². The molecule has 1 aromatic rings. The number of nitrogens with one attached hydrogen (secondary N) is 1. The van der Waals surface area contributed by atoms with Crippen molar-refractivity contribution < 1.29 is 13.2 Å². The van der Waals surface area contributed by atoms with Gasteiger partial charge >= 0.3 is 6.18 Å². The zero-order valence-electron chi connectivity index (χ0n) is 10.2. The average Bonchev–Trinajstić information content (AvgIpc) is 2.27. The number of fused-ring (bicyclic) bond motifs is 1. The van der Waals surface area contributed by atoms with E-state index < -0.39 is 12.2 Å². The average molecular weight is 322 g/mol. The van der Waals surface area contributed by atoms with E-state index in [0.717, 1.165) is 15.6 Å². The highest BCUT2D eigenvalue weighted by molar-refractivity contribution is 9.10. The van der Waals surface area contributed by atoms with Gasteiger partial charge < -0.3 is 5.32 Å². The molecule has 18 heavy (non-hydrogen) atoms. The van der Waals surface area contributed by atoms with Gasteiger partial charge in [0.15, 0.2) is 0 Å². The van der Waals surface area contributed by atoms with E-state index in [-0.39, 0.29) is 6.42 Å². The lowest BCUT2D eigenvalue weighted by atomic mass is 9.93. The van der Waals surface area contributed by atoms with Gasteiger partial charge in [-0.15, -0.1) is 0 Å². The lowest BCUT2D eigenvalue weighted by Gasteiger charge is -2.30. The van der Waals surface area contributed by atoms with E-state index in [1.807, 2.05) is 12.1 Å². The van der Waals surface area contributed by atoms with Crippen molar-refractivity contribution >= 4 is 21.6 Å². The Morgan fingerprint density at radius 1 is 1.33 bits per heavy atom. The van der Waals surface area contributed by atoms with Crippen LogP contribution in [-0.2, 0) is 6.42 Å². The van der Waals surface area contributed by atoms with Gasteiger partial charge in [0.05, 0.1) is 5.69 Å². The second-order valence-corrected chi connectivity index (χ2v) is 5.82. The first-order valence-electron chi connectivity index (χ1n) is 5.94. The van der Waals surface area contributed by atoms with Gasteiger partial charge in [-0.2, -0.15) is 13.2 Å². The molecule has 0 aliphatic carbocycles.